The van der Waals surface area contributed by atoms with Gasteiger partial charge in [-0.25, -0.2) is 0 Å². The molecule has 0 aromatic heterocycles. The van der Waals surface area contributed by atoms with Gasteiger partial charge in [0.15, 0.2) is 0 Å². The van der Waals surface area contributed by atoms with Crippen molar-refractivity contribution in [3.05, 3.63) is 37.0 Å². The summed E-state index contributed by atoms with van der Waals surface area (Å²) >= 11 is 0. The second-order valence-electron chi connectivity index (χ2n) is 2.09. The van der Waals surface area contributed by atoms with Gasteiger partial charge < -0.3 is 4.79 Å². The lowest BCUT2D eigenvalue weighted by atomic mass is 10.0. The molecule has 0 N–H and O–H groups in total. The number of aldehydes is 1. The Labute approximate surface area is 61.8 Å². The summed E-state index contributed by atoms with van der Waals surface area (Å²) in [4.78, 5) is 10.2. The predicted octanol–water partition coefficient (Wildman–Crippen LogP) is 2.12. The molecule has 0 radical (unpaired) electrons. The van der Waals surface area contributed by atoms with Gasteiger partial charge in [-0.3, -0.25) is 0 Å². The van der Waals surface area contributed by atoms with E-state index in [1.165, 1.54) is 0 Å². The summed E-state index contributed by atoms with van der Waals surface area (Å²) in [6, 6.07) is 0. The van der Waals surface area contributed by atoms with Crippen molar-refractivity contribution in [1.82, 2.24) is 0 Å². The number of carbonyl (C=O) groups excluding carboxylic acids is 1. The fourth-order valence-corrected chi connectivity index (χ4v) is 0.431. The molecule has 0 saturated heterocycles. The van der Waals surface area contributed by atoms with Crippen LogP contribution in [0.3, 0.4) is 0 Å². The van der Waals surface area contributed by atoms with Crippen LogP contribution in [0.25, 0.3) is 0 Å². The normalized spacial score (nSPS) is 12.9. The molecular formula is C9H12O. The van der Waals surface area contributed by atoms with Crippen molar-refractivity contribution in [2.24, 2.45) is 5.92 Å². The van der Waals surface area contributed by atoms with Crippen LogP contribution >= 0.6 is 0 Å². The van der Waals surface area contributed by atoms with Crippen molar-refractivity contribution >= 4 is 6.29 Å². The molecule has 0 aliphatic carbocycles. The van der Waals surface area contributed by atoms with Crippen LogP contribution < -0.4 is 0 Å². The molecule has 54 valence electrons. The van der Waals surface area contributed by atoms with Gasteiger partial charge in [0.05, 0.1) is 0 Å². The van der Waals surface area contributed by atoms with Crippen molar-refractivity contribution in [1.29, 1.82) is 0 Å². The Bertz CT molecular complexity index is 166. The first-order valence-corrected chi connectivity index (χ1v) is 3.15. The van der Waals surface area contributed by atoms with Gasteiger partial charge in [0.1, 0.15) is 6.29 Å². The second-order valence-corrected chi connectivity index (χ2v) is 2.09. The lowest BCUT2D eigenvalue weighted by Crippen LogP contribution is -1.95. The van der Waals surface area contributed by atoms with Crippen molar-refractivity contribution in [2.75, 3.05) is 0 Å². The summed E-state index contributed by atoms with van der Waals surface area (Å²) in [5.74, 6) is -0.0869. The highest BCUT2D eigenvalue weighted by Crippen LogP contribution is 2.05. The third kappa shape index (κ3) is 3.02. The Hall–Kier alpha value is -1.11. The summed E-state index contributed by atoms with van der Waals surface area (Å²) in [6.45, 7) is 9.01. The zero-order valence-corrected chi connectivity index (χ0v) is 6.21. The second kappa shape index (κ2) is 4.74. The average Bonchev–Trinajstić information content (AvgIpc) is 1.98. The van der Waals surface area contributed by atoms with Crippen molar-refractivity contribution in [3.63, 3.8) is 0 Å². The van der Waals surface area contributed by atoms with Crippen molar-refractivity contribution in [3.8, 4) is 0 Å². The Morgan fingerprint density at radius 1 is 1.60 bits per heavy atom. The molecule has 1 heteroatoms. The Morgan fingerprint density at radius 2 is 2.20 bits per heavy atom. The minimum Gasteiger partial charge on any atom is -0.303 e. The quantitative estimate of drug-likeness (QED) is 0.427. The number of hydrogen-bond acceptors (Lipinski definition) is 1. The van der Waals surface area contributed by atoms with Crippen LogP contribution in [-0.2, 0) is 4.79 Å². The van der Waals surface area contributed by atoms with Crippen LogP contribution in [0.4, 0.5) is 0 Å². The third-order valence-electron chi connectivity index (χ3n) is 1.24. The van der Waals surface area contributed by atoms with Gasteiger partial charge in [0, 0.05) is 5.92 Å². The highest BCUT2D eigenvalue weighted by atomic mass is 16.1. The molecule has 0 bridgehead atoms. The van der Waals surface area contributed by atoms with Gasteiger partial charge in [0.25, 0.3) is 0 Å². The van der Waals surface area contributed by atoms with E-state index in [2.05, 4.69) is 13.2 Å². The fourth-order valence-electron chi connectivity index (χ4n) is 0.431. The molecule has 10 heavy (non-hydrogen) atoms. The summed E-state index contributed by atoms with van der Waals surface area (Å²) in [7, 11) is 0. The summed E-state index contributed by atoms with van der Waals surface area (Å²) in [5.41, 5.74) is 0.815. The number of hydrogen-bond donors (Lipinski definition) is 0. The zero-order chi connectivity index (χ0) is 7.98. The van der Waals surface area contributed by atoms with Crippen molar-refractivity contribution in [2.45, 2.75) is 6.92 Å². The smallest absolute Gasteiger partial charge is 0.127 e. The first-order chi connectivity index (χ1) is 4.72. The van der Waals surface area contributed by atoms with Crippen molar-refractivity contribution < 1.29 is 4.79 Å². The van der Waals surface area contributed by atoms with Crippen LogP contribution in [-0.4, -0.2) is 6.29 Å². The molecule has 0 aromatic carbocycles. The Morgan fingerprint density at radius 3 is 2.60 bits per heavy atom. The Balaban J connectivity index is 3.95. The fraction of sp³-hybridized carbons (Fsp3) is 0.222. The summed E-state index contributed by atoms with van der Waals surface area (Å²) in [6.07, 6.45) is 6.08. The first kappa shape index (κ1) is 8.89. The monoisotopic (exact) mass is 136 g/mol. The number of carbonyl (C=O) groups is 1. The molecule has 0 unspecified atom stereocenters. The van der Waals surface area contributed by atoms with Crippen LogP contribution in [0, 0.1) is 5.92 Å². The molecule has 0 fully saturated rings. The molecule has 0 spiro atoms. The van der Waals surface area contributed by atoms with E-state index in [9.17, 15) is 4.79 Å². The van der Waals surface area contributed by atoms with Crippen LogP contribution in [0.1, 0.15) is 6.92 Å². The van der Waals surface area contributed by atoms with E-state index >= 15 is 0 Å². The number of rotatable bonds is 4. The molecule has 0 aromatic rings. The summed E-state index contributed by atoms with van der Waals surface area (Å²) < 4.78 is 0. The Kier molecular flexibility index (Phi) is 4.21. The molecule has 0 saturated carbocycles. The van der Waals surface area contributed by atoms with E-state index in [4.69, 9.17) is 0 Å². The van der Waals surface area contributed by atoms with Gasteiger partial charge >= 0.3 is 0 Å². The van der Waals surface area contributed by atoms with E-state index in [1.807, 2.05) is 6.92 Å². The van der Waals surface area contributed by atoms with E-state index in [-0.39, 0.29) is 5.92 Å². The average molecular weight is 136 g/mol. The largest absolute Gasteiger partial charge is 0.303 e. The third-order valence-corrected chi connectivity index (χ3v) is 1.24. The molecule has 0 heterocycles. The lowest BCUT2D eigenvalue weighted by molar-refractivity contribution is -0.109. The SMILES string of the molecule is C=C/C=C\C(=C)[C@@H](C)C=O. The minimum absolute atomic E-state index is 0.0869. The molecule has 0 aliphatic heterocycles. The zero-order valence-electron chi connectivity index (χ0n) is 6.21. The van der Waals surface area contributed by atoms with E-state index in [1.54, 1.807) is 18.2 Å². The predicted molar refractivity (Wildman–Crippen MR) is 43.7 cm³/mol. The van der Waals surface area contributed by atoms with Gasteiger partial charge in [-0.2, -0.15) is 0 Å². The molecule has 0 rings (SSSR count). The van der Waals surface area contributed by atoms with Crippen LogP contribution in [0.5, 0.6) is 0 Å². The van der Waals surface area contributed by atoms with Gasteiger partial charge in [-0.05, 0) is 5.57 Å². The summed E-state index contributed by atoms with van der Waals surface area (Å²) in [5, 5.41) is 0. The van der Waals surface area contributed by atoms with Crippen LogP contribution in [0.15, 0.2) is 37.0 Å². The number of allylic oxidation sites excluding steroid dienone is 4. The standard InChI is InChI=1S/C9H12O/c1-4-5-6-8(2)9(3)7-10/h4-7,9H,1-2H2,3H3/b6-5-/t9-/m0/s1. The highest BCUT2D eigenvalue weighted by molar-refractivity contribution is 5.59. The topological polar surface area (TPSA) is 17.1 Å². The van der Waals surface area contributed by atoms with Gasteiger partial charge in [-0.15, -0.1) is 0 Å². The molecule has 0 amide bonds. The molecule has 1 nitrogen and oxygen atoms in total. The van der Waals surface area contributed by atoms with Gasteiger partial charge in [0.2, 0.25) is 0 Å². The maximum atomic E-state index is 10.2. The molecule has 1 atom stereocenters. The minimum atomic E-state index is -0.0869. The molecular weight excluding hydrogens is 124 g/mol. The van der Waals surface area contributed by atoms with Crippen LogP contribution in [0.2, 0.25) is 0 Å². The maximum Gasteiger partial charge on any atom is 0.127 e. The highest BCUT2D eigenvalue weighted by Gasteiger charge is 1.98. The van der Waals surface area contributed by atoms with Gasteiger partial charge in [-0.1, -0.05) is 38.3 Å². The maximum absolute atomic E-state index is 10.2. The lowest BCUT2D eigenvalue weighted by Gasteiger charge is -1.99. The van der Waals surface area contributed by atoms with E-state index in [0.29, 0.717) is 0 Å². The molecule has 0 aliphatic rings. The van der Waals surface area contributed by atoms with E-state index in [0.717, 1.165) is 11.9 Å². The van der Waals surface area contributed by atoms with E-state index < -0.39 is 0 Å². The first-order valence-electron chi connectivity index (χ1n) is 3.15.